The number of rotatable bonds is 4. The molecule has 1 aromatic rings. The molecule has 2 unspecified atom stereocenters. The number of pyridine rings is 1. The summed E-state index contributed by atoms with van der Waals surface area (Å²) in [6.45, 7) is 7.71. The lowest BCUT2D eigenvalue weighted by molar-refractivity contribution is -0.0390. The Kier molecular flexibility index (Phi) is 4.74. The van der Waals surface area contributed by atoms with E-state index in [9.17, 15) is 0 Å². The van der Waals surface area contributed by atoms with Crippen LogP contribution in [0.2, 0.25) is 0 Å². The molecule has 2 rings (SSSR count). The Morgan fingerprint density at radius 2 is 2.42 bits per heavy atom. The molecular weight excluding hydrogens is 240 g/mol. The van der Waals surface area contributed by atoms with Gasteiger partial charge < -0.3 is 20.7 Å². The second-order valence-corrected chi connectivity index (χ2v) is 5.13. The molecule has 3 N–H and O–H groups in total. The van der Waals surface area contributed by atoms with E-state index in [1.54, 1.807) is 6.20 Å². The number of anilines is 1. The number of nitrogens with zero attached hydrogens (tertiary/aromatic N) is 2. The number of likely N-dealkylation sites (N-methyl/N-ethyl adjacent to an activating group) is 2. The van der Waals surface area contributed by atoms with Gasteiger partial charge in [0.25, 0.3) is 0 Å². The first-order valence-electron chi connectivity index (χ1n) is 6.88. The van der Waals surface area contributed by atoms with E-state index >= 15 is 0 Å². The van der Waals surface area contributed by atoms with Crippen molar-refractivity contribution in [1.29, 1.82) is 0 Å². The van der Waals surface area contributed by atoms with E-state index in [1.807, 2.05) is 6.07 Å². The summed E-state index contributed by atoms with van der Waals surface area (Å²) in [5, 5.41) is 3.50. The molecule has 0 spiro atoms. The van der Waals surface area contributed by atoms with Crippen LogP contribution >= 0.6 is 0 Å². The van der Waals surface area contributed by atoms with Gasteiger partial charge in [-0.05, 0) is 32.1 Å². The lowest BCUT2D eigenvalue weighted by Crippen LogP contribution is -2.47. The van der Waals surface area contributed by atoms with Crippen LogP contribution < -0.4 is 11.1 Å². The van der Waals surface area contributed by atoms with E-state index in [1.165, 1.54) is 0 Å². The van der Waals surface area contributed by atoms with Crippen LogP contribution in [-0.4, -0.2) is 49.3 Å². The molecular formula is C14H24N4O. The largest absolute Gasteiger partial charge is 0.383 e. The molecule has 0 saturated carbocycles. The second kappa shape index (κ2) is 6.32. The fraction of sp³-hybridized carbons (Fsp3) is 0.643. The van der Waals surface area contributed by atoms with Crippen molar-refractivity contribution >= 4 is 5.82 Å². The van der Waals surface area contributed by atoms with Gasteiger partial charge in [0.2, 0.25) is 0 Å². The zero-order valence-corrected chi connectivity index (χ0v) is 12.0. The van der Waals surface area contributed by atoms with E-state index in [2.05, 4.69) is 36.1 Å². The predicted molar refractivity (Wildman–Crippen MR) is 77.0 cm³/mol. The summed E-state index contributed by atoms with van der Waals surface area (Å²) in [6, 6.07) is 2.10. The van der Waals surface area contributed by atoms with E-state index in [4.69, 9.17) is 10.5 Å². The van der Waals surface area contributed by atoms with Crippen LogP contribution in [0.4, 0.5) is 5.82 Å². The molecule has 1 saturated heterocycles. The Hall–Kier alpha value is -1.17. The highest BCUT2D eigenvalue weighted by Gasteiger charge is 2.30. The molecule has 19 heavy (non-hydrogen) atoms. The summed E-state index contributed by atoms with van der Waals surface area (Å²) in [4.78, 5) is 6.52. The van der Waals surface area contributed by atoms with Gasteiger partial charge in [0, 0.05) is 24.8 Å². The molecule has 0 bridgehead atoms. The molecule has 1 aliphatic heterocycles. The number of aryl methyl sites for hydroxylation is 1. The minimum absolute atomic E-state index is 0.0986. The van der Waals surface area contributed by atoms with Crippen molar-refractivity contribution in [2.75, 3.05) is 39.0 Å². The fourth-order valence-corrected chi connectivity index (χ4v) is 2.65. The number of aromatic nitrogens is 1. The average Bonchev–Trinajstić information content (AvgIpc) is 2.37. The van der Waals surface area contributed by atoms with Crippen molar-refractivity contribution in [3.63, 3.8) is 0 Å². The van der Waals surface area contributed by atoms with Gasteiger partial charge in [-0.25, -0.2) is 4.98 Å². The number of nitrogen functional groups attached to an aromatic ring is 1. The molecule has 1 aliphatic rings. The Bertz CT molecular complexity index is 404. The molecule has 0 aliphatic carbocycles. The maximum atomic E-state index is 6.07. The van der Waals surface area contributed by atoms with Crippen molar-refractivity contribution in [1.82, 2.24) is 15.2 Å². The van der Waals surface area contributed by atoms with Gasteiger partial charge in [-0.3, -0.25) is 0 Å². The van der Waals surface area contributed by atoms with Gasteiger partial charge in [0.1, 0.15) is 5.82 Å². The van der Waals surface area contributed by atoms with Crippen molar-refractivity contribution in [3.05, 3.63) is 23.4 Å². The maximum Gasteiger partial charge on any atom is 0.128 e. The lowest BCUT2D eigenvalue weighted by atomic mass is 9.96. The van der Waals surface area contributed by atoms with E-state index in [-0.39, 0.29) is 12.1 Å². The first-order valence-corrected chi connectivity index (χ1v) is 6.88. The number of hydrogen-bond acceptors (Lipinski definition) is 5. The minimum atomic E-state index is 0.0986. The van der Waals surface area contributed by atoms with Crippen molar-refractivity contribution in [3.8, 4) is 0 Å². The van der Waals surface area contributed by atoms with Crippen LogP contribution in [0.5, 0.6) is 0 Å². The summed E-state index contributed by atoms with van der Waals surface area (Å²) >= 11 is 0. The monoisotopic (exact) mass is 264 g/mol. The number of morpholine rings is 1. The van der Waals surface area contributed by atoms with Crippen LogP contribution in [0.15, 0.2) is 12.3 Å². The quantitative estimate of drug-likeness (QED) is 0.848. The van der Waals surface area contributed by atoms with Gasteiger partial charge in [0.15, 0.2) is 0 Å². The molecule has 2 heterocycles. The molecule has 5 nitrogen and oxygen atoms in total. The number of ether oxygens (including phenoxy) is 1. The van der Waals surface area contributed by atoms with Crippen LogP contribution in [0, 0.1) is 6.92 Å². The lowest BCUT2D eigenvalue weighted by Gasteiger charge is -2.36. The molecule has 0 aromatic carbocycles. The predicted octanol–water partition coefficient (Wildman–Crippen LogP) is 0.953. The summed E-state index contributed by atoms with van der Waals surface area (Å²) in [5.74, 6) is 0.600. The minimum Gasteiger partial charge on any atom is -0.383 e. The zero-order valence-electron chi connectivity index (χ0n) is 12.0. The first-order chi connectivity index (χ1) is 9.13. The van der Waals surface area contributed by atoms with Crippen molar-refractivity contribution < 1.29 is 4.74 Å². The molecule has 0 radical (unpaired) electrons. The van der Waals surface area contributed by atoms with Crippen molar-refractivity contribution in [2.24, 2.45) is 0 Å². The van der Waals surface area contributed by atoms with Gasteiger partial charge in [0.05, 0.1) is 18.8 Å². The van der Waals surface area contributed by atoms with Crippen LogP contribution in [0.1, 0.15) is 24.1 Å². The molecule has 2 atom stereocenters. The smallest absolute Gasteiger partial charge is 0.128 e. The van der Waals surface area contributed by atoms with Gasteiger partial charge >= 0.3 is 0 Å². The third-order valence-corrected chi connectivity index (χ3v) is 3.64. The highest BCUT2D eigenvalue weighted by Crippen LogP contribution is 2.28. The average molecular weight is 264 g/mol. The zero-order chi connectivity index (χ0) is 13.8. The van der Waals surface area contributed by atoms with Crippen molar-refractivity contribution in [2.45, 2.75) is 26.0 Å². The van der Waals surface area contributed by atoms with E-state index in [0.717, 1.165) is 37.4 Å². The topological polar surface area (TPSA) is 63.4 Å². The maximum absolute atomic E-state index is 6.07. The standard InChI is InChI=1S/C14H24N4O/c1-4-16-13(11-9-18(3)7-8-19-11)12-10(2)5-6-17-14(12)15/h5-6,11,13,16H,4,7-9H2,1-3H3,(H2,15,17). The molecule has 106 valence electrons. The normalized spacial score (nSPS) is 22.4. The molecule has 0 amide bonds. The van der Waals surface area contributed by atoms with Crippen LogP contribution in [-0.2, 0) is 4.74 Å². The highest BCUT2D eigenvalue weighted by atomic mass is 16.5. The Labute approximate surface area is 115 Å². The Morgan fingerprint density at radius 3 is 3.05 bits per heavy atom. The number of nitrogens with two attached hydrogens (primary N) is 1. The molecule has 1 aromatic heterocycles. The molecule has 5 heteroatoms. The number of nitrogens with one attached hydrogen (secondary N) is 1. The van der Waals surface area contributed by atoms with Gasteiger partial charge in [-0.1, -0.05) is 6.92 Å². The second-order valence-electron chi connectivity index (χ2n) is 5.13. The van der Waals surface area contributed by atoms with Crippen LogP contribution in [0.3, 0.4) is 0 Å². The summed E-state index contributed by atoms with van der Waals surface area (Å²) < 4.78 is 5.94. The van der Waals surface area contributed by atoms with Crippen LogP contribution in [0.25, 0.3) is 0 Å². The van der Waals surface area contributed by atoms with Gasteiger partial charge in [-0.15, -0.1) is 0 Å². The first kappa shape index (κ1) is 14.2. The third-order valence-electron chi connectivity index (χ3n) is 3.64. The third kappa shape index (κ3) is 3.23. The molecule has 1 fully saturated rings. The SMILES string of the molecule is CCNC(c1c(C)ccnc1N)C1CN(C)CCO1. The Balaban J connectivity index is 2.28. The van der Waals surface area contributed by atoms with E-state index in [0.29, 0.717) is 5.82 Å². The summed E-state index contributed by atoms with van der Waals surface area (Å²) in [7, 11) is 2.12. The van der Waals surface area contributed by atoms with Gasteiger partial charge in [-0.2, -0.15) is 0 Å². The fourth-order valence-electron chi connectivity index (χ4n) is 2.65. The number of hydrogen-bond donors (Lipinski definition) is 2. The Morgan fingerprint density at radius 1 is 1.63 bits per heavy atom. The summed E-state index contributed by atoms with van der Waals surface area (Å²) in [5.41, 5.74) is 8.31. The summed E-state index contributed by atoms with van der Waals surface area (Å²) in [6.07, 6.45) is 1.87. The highest BCUT2D eigenvalue weighted by molar-refractivity contribution is 5.46. The van der Waals surface area contributed by atoms with E-state index < -0.39 is 0 Å².